The summed E-state index contributed by atoms with van der Waals surface area (Å²) in [6.45, 7) is 10.6. The molecule has 1 heterocycles. The van der Waals surface area contributed by atoms with E-state index < -0.39 is 0 Å². The van der Waals surface area contributed by atoms with E-state index in [-0.39, 0.29) is 5.54 Å². The molecule has 0 saturated carbocycles. The highest BCUT2D eigenvalue weighted by atomic mass is 15.2. The summed E-state index contributed by atoms with van der Waals surface area (Å²) >= 11 is 0. The molecule has 0 amide bonds. The van der Waals surface area contributed by atoms with Crippen molar-refractivity contribution in [3.8, 4) is 0 Å². The lowest BCUT2D eigenvalue weighted by atomic mass is 9.97. The van der Waals surface area contributed by atoms with Gasteiger partial charge in [0.05, 0.1) is 0 Å². The fourth-order valence-electron chi connectivity index (χ4n) is 3.07. The Kier molecular flexibility index (Phi) is 5.62. The molecule has 1 N–H and O–H groups in total. The second kappa shape index (κ2) is 7.24. The number of nitrogens with one attached hydrogen (secondary N) is 1. The third-order valence-corrected chi connectivity index (χ3v) is 4.82. The minimum atomic E-state index is 0.289. The van der Waals surface area contributed by atoms with Crippen molar-refractivity contribution in [3.05, 3.63) is 35.9 Å². The van der Waals surface area contributed by atoms with Gasteiger partial charge in [0.2, 0.25) is 0 Å². The molecule has 1 aromatic carbocycles. The Morgan fingerprint density at radius 2 is 2.05 bits per heavy atom. The standard InChI is InChI=1S/C18H30N2/c1-4-18(3)15-20(14-8-13-19-18)16(2)11-12-17-9-6-5-7-10-17/h5-7,9-10,16,19H,4,8,11-15H2,1-3H3. The molecule has 0 aromatic heterocycles. The minimum Gasteiger partial charge on any atom is -0.310 e. The summed E-state index contributed by atoms with van der Waals surface area (Å²) in [4.78, 5) is 2.69. The van der Waals surface area contributed by atoms with Crippen LogP contribution in [0.15, 0.2) is 30.3 Å². The zero-order valence-corrected chi connectivity index (χ0v) is 13.4. The second-order valence-electron chi connectivity index (χ2n) is 6.54. The van der Waals surface area contributed by atoms with Gasteiger partial charge in [-0.2, -0.15) is 0 Å². The number of rotatable bonds is 5. The summed E-state index contributed by atoms with van der Waals surface area (Å²) < 4.78 is 0. The lowest BCUT2D eigenvalue weighted by Crippen LogP contribution is -2.50. The van der Waals surface area contributed by atoms with Crippen LogP contribution in [0.4, 0.5) is 0 Å². The molecule has 2 rings (SSSR count). The molecule has 20 heavy (non-hydrogen) atoms. The van der Waals surface area contributed by atoms with Gasteiger partial charge >= 0.3 is 0 Å². The van der Waals surface area contributed by atoms with Crippen LogP contribution in [0.5, 0.6) is 0 Å². The van der Waals surface area contributed by atoms with E-state index in [1.807, 2.05) is 0 Å². The van der Waals surface area contributed by atoms with Gasteiger partial charge in [-0.3, -0.25) is 4.90 Å². The molecule has 1 fully saturated rings. The average Bonchev–Trinajstić information content (AvgIpc) is 2.68. The van der Waals surface area contributed by atoms with Gasteiger partial charge in [0.1, 0.15) is 0 Å². The van der Waals surface area contributed by atoms with Gasteiger partial charge in [0.15, 0.2) is 0 Å². The molecular weight excluding hydrogens is 244 g/mol. The molecule has 2 atom stereocenters. The van der Waals surface area contributed by atoms with Crippen molar-refractivity contribution in [2.45, 2.75) is 58.0 Å². The smallest absolute Gasteiger partial charge is 0.0277 e. The summed E-state index contributed by atoms with van der Waals surface area (Å²) in [5.74, 6) is 0. The summed E-state index contributed by atoms with van der Waals surface area (Å²) in [6.07, 6.45) is 4.92. The van der Waals surface area contributed by atoms with E-state index in [0.29, 0.717) is 6.04 Å². The summed E-state index contributed by atoms with van der Waals surface area (Å²) in [5.41, 5.74) is 1.75. The molecule has 0 spiro atoms. The van der Waals surface area contributed by atoms with Gasteiger partial charge in [-0.05, 0) is 58.2 Å². The second-order valence-corrected chi connectivity index (χ2v) is 6.54. The van der Waals surface area contributed by atoms with Crippen molar-refractivity contribution in [1.82, 2.24) is 10.2 Å². The van der Waals surface area contributed by atoms with Crippen LogP contribution in [0.3, 0.4) is 0 Å². The quantitative estimate of drug-likeness (QED) is 0.884. The van der Waals surface area contributed by atoms with Crippen molar-refractivity contribution in [3.63, 3.8) is 0 Å². The third kappa shape index (κ3) is 4.32. The SMILES string of the molecule is CCC1(C)CN(C(C)CCc2ccccc2)CCCN1. The van der Waals surface area contributed by atoms with E-state index in [2.05, 4.69) is 61.3 Å². The van der Waals surface area contributed by atoms with E-state index >= 15 is 0 Å². The number of hydrogen-bond donors (Lipinski definition) is 1. The van der Waals surface area contributed by atoms with Crippen LogP contribution < -0.4 is 5.32 Å². The van der Waals surface area contributed by atoms with Crippen LogP contribution >= 0.6 is 0 Å². The number of aryl methyl sites for hydroxylation is 1. The first-order valence-corrected chi connectivity index (χ1v) is 8.16. The molecule has 0 bridgehead atoms. The van der Waals surface area contributed by atoms with Gasteiger partial charge in [0, 0.05) is 18.1 Å². The molecule has 1 aliphatic heterocycles. The van der Waals surface area contributed by atoms with Crippen molar-refractivity contribution >= 4 is 0 Å². The Labute approximate surface area is 124 Å². The predicted molar refractivity (Wildman–Crippen MR) is 87.1 cm³/mol. The van der Waals surface area contributed by atoms with Gasteiger partial charge in [0.25, 0.3) is 0 Å². The summed E-state index contributed by atoms with van der Waals surface area (Å²) in [6, 6.07) is 11.5. The normalized spacial score (nSPS) is 26.1. The Hall–Kier alpha value is -0.860. The van der Waals surface area contributed by atoms with Crippen LogP contribution in [-0.4, -0.2) is 36.1 Å². The van der Waals surface area contributed by atoms with Crippen molar-refractivity contribution in [2.24, 2.45) is 0 Å². The first kappa shape index (κ1) is 15.5. The highest BCUT2D eigenvalue weighted by Crippen LogP contribution is 2.19. The molecule has 1 aliphatic rings. The van der Waals surface area contributed by atoms with Crippen LogP contribution in [0.1, 0.15) is 45.6 Å². The first-order valence-electron chi connectivity index (χ1n) is 8.16. The monoisotopic (exact) mass is 274 g/mol. The van der Waals surface area contributed by atoms with Crippen LogP contribution in [0.25, 0.3) is 0 Å². The molecule has 112 valence electrons. The van der Waals surface area contributed by atoms with Crippen molar-refractivity contribution in [1.29, 1.82) is 0 Å². The van der Waals surface area contributed by atoms with Gasteiger partial charge in [-0.15, -0.1) is 0 Å². The molecule has 2 nitrogen and oxygen atoms in total. The molecule has 0 aliphatic carbocycles. The molecule has 1 saturated heterocycles. The largest absolute Gasteiger partial charge is 0.310 e. The topological polar surface area (TPSA) is 15.3 Å². The molecule has 2 unspecified atom stereocenters. The van der Waals surface area contributed by atoms with E-state index in [1.54, 1.807) is 0 Å². The van der Waals surface area contributed by atoms with Crippen LogP contribution in [-0.2, 0) is 6.42 Å². The molecular formula is C18H30N2. The lowest BCUT2D eigenvalue weighted by Gasteiger charge is -2.36. The molecule has 0 radical (unpaired) electrons. The highest BCUT2D eigenvalue weighted by Gasteiger charge is 2.28. The van der Waals surface area contributed by atoms with E-state index in [9.17, 15) is 0 Å². The number of benzene rings is 1. The highest BCUT2D eigenvalue weighted by molar-refractivity contribution is 5.14. The minimum absolute atomic E-state index is 0.289. The zero-order chi connectivity index (χ0) is 14.4. The predicted octanol–water partition coefficient (Wildman–Crippen LogP) is 3.47. The fourth-order valence-corrected chi connectivity index (χ4v) is 3.07. The van der Waals surface area contributed by atoms with E-state index in [1.165, 1.54) is 44.3 Å². The molecule has 2 heteroatoms. The maximum absolute atomic E-state index is 3.72. The van der Waals surface area contributed by atoms with Crippen LogP contribution in [0.2, 0.25) is 0 Å². The van der Waals surface area contributed by atoms with Gasteiger partial charge < -0.3 is 5.32 Å². The van der Waals surface area contributed by atoms with Crippen molar-refractivity contribution < 1.29 is 0 Å². The van der Waals surface area contributed by atoms with Crippen molar-refractivity contribution in [2.75, 3.05) is 19.6 Å². The summed E-state index contributed by atoms with van der Waals surface area (Å²) in [5, 5.41) is 3.72. The van der Waals surface area contributed by atoms with Gasteiger partial charge in [-0.1, -0.05) is 37.3 Å². The Bertz CT molecular complexity index is 390. The first-order chi connectivity index (χ1) is 9.63. The zero-order valence-electron chi connectivity index (χ0n) is 13.4. The maximum Gasteiger partial charge on any atom is 0.0277 e. The Balaban J connectivity index is 1.89. The van der Waals surface area contributed by atoms with E-state index in [0.717, 1.165) is 6.54 Å². The third-order valence-electron chi connectivity index (χ3n) is 4.82. The number of nitrogens with zero attached hydrogens (tertiary/aromatic N) is 1. The summed E-state index contributed by atoms with van der Waals surface area (Å²) in [7, 11) is 0. The fraction of sp³-hybridized carbons (Fsp3) is 0.667. The lowest BCUT2D eigenvalue weighted by molar-refractivity contribution is 0.162. The van der Waals surface area contributed by atoms with Crippen LogP contribution in [0, 0.1) is 0 Å². The maximum atomic E-state index is 3.72. The average molecular weight is 274 g/mol. The molecule has 1 aromatic rings. The Morgan fingerprint density at radius 3 is 2.75 bits per heavy atom. The number of hydrogen-bond acceptors (Lipinski definition) is 2. The Morgan fingerprint density at radius 1 is 1.30 bits per heavy atom. The van der Waals surface area contributed by atoms with E-state index in [4.69, 9.17) is 0 Å². The van der Waals surface area contributed by atoms with Gasteiger partial charge in [-0.25, -0.2) is 0 Å².